The van der Waals surface area contributed by atoms with Crippen LogP contribution in [0.1, 0.15) is 48.0 Å². The lowest BCUT2D eigenvalue weighted by atomic mass is 9.88. The maximum atomic E-state index is 15.0. The molecule has 156 valence electrons. The van der Waals surface area contributed by atoms with E-state index in [4.69, 9.17) is 16.3 Å². The normalized spacial score (nSPS) is 15.9. The molecule has 1 aliphatic rings. The zero-order valence-corrected chi connectivity index (χ0v) is 17.1. The average molecular weight is 424 g/mol. The number of unbranched alkanes of at least 4 members (excludes halogenated alkanes) is 1. The van der Waals surface area contributed by atoms with Crippen LogP contribution >= 0.6 is 11.6 Å². The van der Waals surface area contributed by atoms with Gasteiger partial charge in [-0.1, -0.05) is 11.6 Å². The summed E-state index contributed by atoms with van der Waals surface area (Å²) in [6, 6.07) is 4.22. The van der Waals surface area contributed by atoms with Crippen LogP contribution in [0.3, 0.4) is 0 Å². The molecular weight excluding hydrogens is 400 g/mol. The Labute approximate surface area is 174 Å². The summed E-state index contributed by atoms with van der Waals surface area (Å²) in [4.78, 5) is 22.3. The largest absolute Gasteiger partial charge is 0.463 e. The van der Waals surface area contributed by atoms with Gasteiger partial charge in [-0.05, 0) is 62.8 Å². The van der Waals surface area contributed by atoms with Gasteiger partial charge in [0.25, 0.3) is 5.91 Å². The number of nitrogens with zero attached hydrogens (tertiary/aromatic N) is 3. The van der Waals surface area contributed by atoms with Crippen molar-refractivity contribution in [3.05, 3.63) is 52.6 Å². The zero-order valence-electron chi connectivity index (χ0n) is 16.3. The van der Waals surface area contributed by atoms with Crippen LogP contribution in [-0.4, -0.2) is 46.1 Å². The first kappa shape index (κ1) is 21.4. The van der Waals surface area contributed by atoms with E-state index in [1.165, 1.54) is 18.2 Å². The second-order valence-corrected chi connectivity index (χ2v) is 7.83. The van der Waals surface area contributed by atoms with Gasteiger partial charge in [0.2, 0.25) is 0 Å². The van der Waals surface area contributed by atoms with Crippen LogP contribution in [0.5, 0.6) is 6.01 Å². The summed E-state index contributed by atoms with van der Waals surface area (Å²) in [7, 11) is 0. The van der Waals surface area contributed by atoms with Gasteiger partial charge in [0.05, 0.1) is 11.6 Å². The smallest absolute Gasteiger partial charge is 0.316 e. The molecule has 1 aromatic carbocycles. The van der Waals surface area contributed by atoms with Crippen LogP contribution in [-0.2, 0) is 0 Å². The minimum absolute atomic E-state index is 0.0917. The van der Waals surface area contributed by atoms with E-state index in [0.29, 0.717) is 50.5 Å². The molecule has 2 heterocycles. The number of rotatable bonds is 7. The molecule has 8 heteroatoms. The number of aromatic nitrogens is 2. The third-order valence-corrected chi connectivity index (χ3v) is 5.41. The lowest BCUT2D eigenvalue weighted by Gasteiger charge is -2.36. The van der Waals surface area contributed by atoms with Crippen molar-refractivity contribution in [1.29, 1.82) is 0 Å². The monoisotopic (exact) mass is 423 g/mol. The Morgan fingerprint density at radius 2 is 1.93 bits per heavy atom. The summed E-state index contributed by atoms with van der Waals surface area (Å²) < 4.78 is 33.8. The van der Waals surface area contributed by atoms with Crippen LogP contribution in [0.2, 0.25) is 5.02 Å². The lowest BCUT2D eigenvalue weighted by molar-refractivity contribution is 0.0382. The van der Waals surface area contributed by atoms with Crippen LogP contribution in [0.4, 0.5) is 8.78 Å². The fourth-order valence-electron chi connectivity index (χ4n) is 3.33. The van der Waals surface area contributed by atoms with Crippen LogP contribution < -0.4 is 4.74 Å². The van der Waals surface area contributed by atoms with E-state index in [2.05, 4.69) is 9.97 Å². The predicted octanol–water partition coefficient (Wildman–Crippen LogP) is 4.77. The maximum Gasteiger partial charge on any atom is 0.316 e. The summed E-state index contributed by atoms with van der Waals surface area (Å²) in [6.07, 6.45) is 5.77. The molecule has 0 bridgehead atoms. The van der Waals surface area contributed by atoms with Crippen LogP contribution in [0, 0.1) is 12.7 Å². The number of amides is 1. The number of hydrogen-bond donors (Lipinski definition) is 0. The number of hydrogen-bond acceptors (Lipinski definition) is 4. The lowest BCUT2D eigenvalue weighted by Crippen LogP contribution is -2.44. The van der Waals surface area contributed by atoms with Gasteiger partial charge in [-0.15, -0.1) is 0 Å². The van der Waals surface area contributed by atoms with E-state index < -0.39 is 11.5 Å². The first-order chi connectivity index (χ1) is 13.9. The van der Waals surface area contributed by atoms with Crippen molar-refractivity contribution in [2.24, 2.45) is 0 Å². The molecule has 2 aromatic rings. The molecule has 1 aliphatic heterocycles. The van der Waals surface area contributed by atoms with E-state index in [0.717, 1.165) is 5.56 Å². The quantitative estimate of drug-likeness (QED) is 0.602. The maximum absolute atomic E-state index is 15.0. The molecule has 0 unspecified atom stereocenters. The number of alkyl halides is 1. The van der Waals surface area contributed by atoms with Crippen molar-refractivity contribution in [3.63, 3.8) is 0 Å². The number of ether oxygens (including phenoxy) is 1. The highest BCUT2D eigenvalue weighted by Gasteiger charge is 2.35. The Hall–Kier alpha value is -2.28. The first-order valence-electron chi connectivity index (χ1n) is 9.71. The molecule has 1 amide bonds. The van der Waals surface area contributed by atoms with E-state index >= 15 is 4.39 Å². The molecule has 1 saturated heterocycles. The molecule has 0 N–H and O–H groups in total. The third-order valence-electron chi connectivity index (χ3n) is 5.12. The third kappa shape index (κ3) is 5.85. The van der Waals surface area contributed by atoms with Crippen molar-refractivity contribution in [2.75, 3.05) is 19.7 Å². The van der Waals surface area contributed by atoms with Gasteiger partial charge in [-0.2, -0.15) is 0 Å². The van der Waals surface area contributed by atoms with E-state index in [1.807, 2.05) is 6.92 Å². The summed E-state index contributed by atoms with van der Waals surface area (Å²) in [6.45, 7) is 3.00. The highest BCUT2D eigenvalue weighted by molar-refractivity contribution is 6.31. The van der Waals surface area contributed by atoms with E-state index in [9.17, 15) is 9.18 Å². The number of halogens is 3. The second kappa shape index (κ2) is 9.48. The van der Waals surface area contributed by atoms with Gasteiger partial charge in [0.15, 0.2) is 0 Å². The molecule has 0 radical (unpaired) electrons. The topological polar surface area (TPSA) is 55.3 Å². The molecule has 0 aliphatic carbocycles. The van der Waals surface area contributed by atoms with Gasteiger partial charge in [0.1, 0.15) is 11.5 Å². The highest BCUT2D eigenvalue weighted by atomic mass is 35.5. The van der Waals surface area contributed by atoms with Crippen LogP contribution in [0.25, 0.3) is 0 Å². The second-order valence-electron chi connectivity index (χ2n) is 7.42. The average Bonchev–Trinajstić information content (AvgIpc) is 2.71. The molecule has 0 spiro atoms. The fraction of sp³-hybridized carbons (Fsp3) is 0.476. The fourth-order valence-corrected chi connectivity index (χ4v) is 3.52. The van der Waals surface area contributed by atoms with E-state index in [1.54, 1.807) is 17.3 Å². The number of piperidine rings is 1. The van der Waals surface area contributed by atoms with Crippen molar-refractivity contribution in [1.82, 2.24) is 14.9 Å². The Morgan fingerprint density at radius 1 is 1.24 bits per heavy atom. The first-order valence-corrected chi connectivity index (χ1v) is 10.1. The standard InChI is InChI=1S/C21H24ClF2N3O2/c1-15-13-25-20(26-14-15)29-11-3-2-6-21(24)7-9-27(10-8-21)19(28)16-4-5-18(23)17(22)12-16/h4-5,12-14H,2-3,6-11H2,1H3. The summed E-state index contributed by atoms with van der Waals surface area (Å²) in [5.74, 6) is -0.817. The number of benzene rings is 1. The molecule has 0 saturated carbocycles. The van der Waals surface area contributed by atoms with Gasteiger partial charge < -0.3 is 9.64 Å². The minimum atomic E-state index is -1.28. The minimum Gasteiger partial charge on any atom is -0.463 e. The zero-order chi connectivity index (χ0) is 20.9. The van der Waals surface area contributed by atoms with E-state index in [-0.39, 0.29) is 23.8 Å². The SMILES string of the molecule is Cc1cnc(OCCCCC2(F)CCN(C(=O)c3ccc(F)c(Cl)c3)CC2)nc1. The van der Waals surface area contributed by atoms with Crippen LogP contribution in [0.15, 0.2) is 30.6 Å². The summed E-state index contributed by atoms with van der Waals surface area (Å²) in [5.41, 5.74) is -0.000269. The molecule has 5 nitrogen and oxygen atoms in total. The number of carbonyl (C=O) groups excluding carboxylic acids is 1. The Balaban J connectivity index is 1.40. The van der Waals surface area contributed by atoms with Crippen molar-refractivity contribution in [2.45, 2.75) is 44.7 Å². The number of aryl methyl sites for hydroxylation is 1. The van der Waals surface area contributed by atoms with Gasteiger partial charge >= 0.3 is 6.01 Å². The molecular formula is C21H24ClF2N3O2. The Morgan fingerprint density at radius 3 is 2.59 bits per heavy atom. The summed E-state index contributed by atoms with van der Waals surface area (Å²) in [5, 5.41) is -0.0917. The van der Waals surface area contributed by atoms with Crippen molar-refractivity contribution >= 4 is 17.5 Å². The molecule has 29 heavy (non-hydrogen) atoms. The van der Waals surface area contributed by atoms with Crippen molar-refractivity contribution in [3.8, 4) is 6.01 Å². The van der Waals surface area contributed by atoms with Gasteiger partial charge in [-0.25, -0.2) is 18.7 Å². The Kier molecular flexibility index (Phi) is 7.00. The molecule has 1 aromatic heterocycles. The Bertz CT molecular complexity index is 840. The highest BCUT2D eigenvalue weighted by Crippen LogP contribution is 2.32. The van der Waals surface area contributed by atoms with Gasteiger partial charge in [0, 0.05) is 31.0 Å². The van der Waals surface area contributed by atoms with Crippen molar-refractivity contribution < 1.29 is 18.3 Å². The van der Waals surface area contributed by atoms with Gasteiger partial charge in [-0.3, -0.25) is 4.79 Å². The predicted molar refractivity (Wildman–Crippen MR) is 107 cm³/mol. The molecule has 1 fully saturated rings. The molecule has 0 atom stereocenters. The number of likely N-dealkylation sites (tertiary alicyclic amines) is 1. The summed E-state index contributed by atoms with van der Waals surface area (Å²) >= 11 is 5.75. The number of carbonyl (C=O) groups is 1. The molecule has 3 rings (SSSR count).